The molecular formula is C8H13BrN4O. The van der Waals surface area contributed by atoms with Crippen LogP contribution in [-0.4, -0.2) is 28.8 Å². The normalized spacial score (nSPS) is 15.1. The summed E-state index contributed by atoms with van der Waals surface area (Å²) in [7, 11) is 1.70. The summed E-state index contributed by atoms with van der Waals surface area (Å²) in [6, 6.07) is -0.523. The van der Waals surface area contributed by atoms with E-state index in [1.807, 2.05) is 6.92 Å². The summed E-state index contributed by atoms with van der Waals surface area (Å²) in [6.45, 7) is 1.88. The Balaban J connectivity index is 2.82. The van der Waals surface area contributed by atoms with Gasteiger partial charge in [-0.1, -0.05) is 0 Å². The number of amides is 1. The summed E-state index contributed by atoms with van der Waals surface area (Å²) < 4.78 is 2.57. The maximum Gasteiger partial charge on any atom is 0.236 e. The summed E-state index contributed by atoms with van der Waals surface area (Å²) in [5.41, 5.74) is 5.24. The van der Waals surface area contributed by atoms with Gasteiger partial charge in [-0.05, 0) is 29.9 Å². The zero-order chi connectivity index (χ0) is 10.7. The maximum atomic E-state index is 11.1. The van der Waals surface area contributed by atoms with Gasteiger partial charge in [-0.25, -0.2) is 0 Å². The molecule has 2 unspecified atom stereocenters. The highest BCUT2D eigenvalue weighted by atomic mass is 79.9. The number of likely N-dealkylation sites (N-methyl/N-ethyl adjacent to an activating group) is 1. The number of nitrogens with zero attached hydrogens (tertiary/aromatic N) is 2. The van der Waals surface area contributed by atoms with E-state index in [4.69, 9.17) is 5.73 Å². The van der Waals surface area contributed by atoms with Crippen LogP contribution < -0.4 is 11.1 Å². The Bertz CT molecular complexity index is 325. The van der Waals surface area contributed by atoms with Crippen molar-refractivity contribution in [2.45, 2.75) is 19.0 Å². The van der Waals surface area contributed by atoms with Crippen LogP contribution in [0.2, 0.25) is 0 Å². The van der Waals surface area contributed by atoms with Crippen LogP contribution in [0.15, 0.2) is 16.9 Å². The van der Waals surface area contributed by atoms with E-state index in [2.05, 4.69) is 26.3 Å². The molecule has 0 radical (unpaired) electrons. The fourth-order valence-corrected chi connectivity index (χ4v) is 1.61. The van der Waals surface area contributed by atoms with Crippen molar-refractivity contribution in [3.63, 3.8) is 0 Å². The molecule has 0 aromatic carbocycles. The first-order valence-corrected chi connectivity index (χ1v) is 5.01. The first-order valence-electron chi connectivity index (χ1n) is 4.22. The summed E-state index contributed by atoms with van der Waals surface area (Å²) >= 11 is 3.29. The second-order valence-electron chi connectivity index (χ2n) is 3.05. The third kappa shape index (κ3) is 2.33. The molecule has 0 fully saturated rings. The van der Waals surface area contributed by atoms with Crippen LogP contribution in [0, 0.1) is 0 Å². The van der Waals surface area contributed by atoms with Gasteiger partial charge < -0.3 is 11.1 Å². The van der Waals surface area contributed by atoms with Crippen molar-refractivity contribution in [3.8, 4) is 0 Å². The molecular weight excluding hydrogens is 248 g/mol. The van der Waals surface area contributed by atoms with Crippen molar-refractivity contribution in [3.05, 3.63) is 16.9 Å². The van der Waals surface area contributed by atoms with Gasteiger partial charge in [0.25, 0.3) is 0 Å². The second kappa shape index (κ2) is 4.56. The lowest BCUT2D eigenvalue weighted by Crippen LogP contribution is -2.44. The summed E-state index contributed by atoms with van der Waals surface area (Å²) in [4.78, 5) is 11.1. The van der Waals surface area contributed by atoms with Gasteiger partial charge in [-0.15, -0.1) is 0 Å². The predicted octanol–water partition coefficient (Wildman–Crippen LogP) is 0.280. The molecule has 0 saturated heterocycles. The number of hydrogen-bond donors (Lipinski definition) is 2. The van der Waals surface area contributed by atoms with Gasteiger partial charge in [0.05, 0.1) is 16.7 Å². The standard InChI is InChI=1S/C8H13BrN4O/c1-5(7(11-2)8(10)14)13-4-6(9)3-12-13/h3-5,7,11H,1-2H3,(H2,10,14). The highest BCUT2D eigenvalue weighted by Crippen LogP contribution is 2.14. The number of rotatable bonds is 4. The molecule has 0 aliphatic heterocycles. The van der Waals surface area contributed by atoms with Gasteiger partial charge in [0, 0.05) is 6.20 Å². The van der Waals surface area contributed by atoms with Crippen molar-refractivity contribution in [2.24, 2.45) is 5.73 Å². The fraction of sp³-hybridized carbons (Fsp3) is 0.500. The van der Waals surface area contributed by atoms with E-state index in [0.29, 0.717) is 0 Å². The van der Waals surface area contributed by atoms with Gasteiger partial charge >= 0.3 is 0 Å². The molecule has 6 heteroatoms. The topological polar surface area (TPSA) is 72.9 Å². The summed E-state index contributed by atoms with van der Waals surface area (Å²) in [5, 5.41) is 6.95. The number of carbonyl (C=O) groups excluding carboxylic acids is 1. The molecule has 1 aromatic heterocycles. The third-order valence-corrected chi connectivity index (χ3v) is 2.50. The van der Waals surface area contributed by atoms with Crippen LogP contribution >= 0.6 is 15.9 Å². The number of halogens is 1. The molecule has 2 atom stereocenters. The van der Waals surface area contributed by atoms with E-state index in [-0.39, 0.29) is 11.9 Å². The highest BCUT2D eigenvalue weighted by molar-refractivity contribution is 9.10. The first-order chi connectivity index (χ1) is 6.56. The maximum absolute atomic E-state index is 11.1. The van der Waals surface area contributed by atoms with E-state index >= 15 is 0 Å². The molecule has 1 heterocycles. The lowest BCUT2D eigenvalue weighted by Gasteiger charge is -2.20. The van der Waals surface area contributed by atoms with Gasteiger partial charge in [0.15, 0.2) is 0 Å². The minimum Gasteiger partial charge on any atom is -0.368 e. The molecule has 14 heavy (non-hydrogen) atoms. The number of aromatic nitrogens is 2. The zero-order valence-corrected chi connectivity index (χ0v) is 9.65. The zero-order valence-electron chi connectivity index (χ0n) is 8.07. The highest BCUT2D eigenvalue weighted by Gasteiger charge is 2.22. The Morgan fingerprint density at radius 2 is 2.43 bits per heavy atom. The molecule has 0 spiro atoms. The van der Waals surface area contributed by atoms with Crippen molar-refractivity contribution in [2.75, 3.05) is 7.05 Å². The van der Waals surface area contributed by atoms with E-state index in [1.165, 1.54) is 0 Å². The van der Waals surface area contributed by atoms with Crippen LogP contribution in [0.4, 0.5) is 0 Å². The summed E-state index contributed by atoms with van der Waals surface area (Å²) in [5.74, 6) is -0.383. The quantitative estimate of drug-likeness (QED) is 0.817. The number of primary amides is 1. The Hall–Kier alpha value is -0.880. The van der Waals surface area contributed by atoms with Gasteiger partial charge in [0.2, 0.25) is 5.91 Å². The van der Waals surface area contributed by atoms with Gasteiger partial charge in [0.1, 0.15) is 6.04 Å². The van der Waals surface area contributed by atoms with Gasteiger partial charge in [-0.3, -0.25) is 9.48 Å². The number of nitrogens with one attached hydrogen (secondary N) is 1. The average molecular weight is 261 g/mol. The molecule has 1 amide bonds. The molecule has 0 bridgehead atoms. The van der Waals surface area contributed by atoms with Gasteiger partial charge in [-0.2, -0.15) is 5.10 Å². The number of hydrogen-bond acceptors (Lipinski definition) is 3. The number of carbonyl (C=O) groups is 1. The third-order valence-electron chi connectivity index (χ3n) is 2.09. The SMILES string of the molecule is CNC(C(N)=O)C(C)n1cc(Br)cn1. The fourth-order valence-electron chi connectivity index (χ4n) is 1.31. The Morgan fingerprint density at radius 3 is 2.79 bits per heavy atom. The van der Waals surface area contributed by atoms with E-state index in [1.54, 1.807) is 24.1 Å². The minimum absolute atomic E-state index is 0.108. The molecule has 3 N–H and O–H groups in total. The van der Waals surface area contributed by atoms with Crippen LogP contribution in [0.3, 0.4) is 0 Å². The largest absolute Gasteiger partial charge is 0.368 e. The van der Waals surface area contributed by atoms with Crippen LogP contribution in [-0.2, 0) is 4.79 Å². The molecule has 0 saturated carbocycles. The van der Waals surface area contributed by atoms with Crippen LogP contribution in [0.25, 0.3) is 0 Å². The van der Waals surface area contributed by atoms with Crippen LogP contribution in [0.5, 0.6) is 0 Å². The molecule has 1 rings (SSSR count). The van der Waals surface area contributed by atoms with E-state index < -0.39 is 6.04 Å². The Morgan fingerprint density at radius 1 is 1.79 bits per heavy atom. The lowest BCUT2D eigenvalue weighted by molar-refractivity contribution is -0.120. The van der Waals surface area contributed by atoms with Crippen LogP contribution in [0.1, 0.15) is 13.0 Å². The van der Waals surface area contributed by atoms with E-state index in [9.17, 15) is 4.79 Å². The molecule has 1 aromatic rings. The minimum atomic E-state index is -0.415. The van der Waals surface area contributed by atoms with Crippen molar-refractivity contribution in [1.29, 1.82) is 0 Å². The predicted molar refractivity (Wildman–Crippen MR) is 56.7 cm³/mol. The number of nitrogens with two attached hydrogens (primary N) is 1. The summed E-state index contributed by atoms with van der Waals surface area (Å²) in [6.07, 6.45) is 3.47. The van der Waals surface area contributed by atoms with Crippen molar-refractivity contribution in [1.82, 2.24) is 15.1 Å². The Kier molecular flexibility index (Phi) is 3.65. The average Bonchev–Trinajstić information content (AvgIpc) is 2.52. The second-order valence-corrected chi connectivity index (χ2v) is 3.96. The van der Waals surface area contributed by atoms with E-state index in [0.717, 1.165) is 4.47 Å². The Labute approximate surface area is 90.8 Å². The molecule has 0 aliphatic rings. The smallest absolute Gasteiger partial charge is 0.236 e. The monoisotopic (exact) mass is 260 g/mol. The first kappa shape index (κ1) is 11.2. The molecule has 0 aliphatic carbocycles. The molecule has 78 valence electrons. The lowest BCUT2D eigenvalue weighted by atomic mass is 10.1. The van der Waals surface area contributed by atoms with Crippen molar-refractivity contribution < 1.29 is 4.79 Å². The molecule has 5 nitrogen and oxygen atoms in total. The van der Waals surface area contributed by atoms with Crippen molar-refractivity contribution >= 4 is 21.8 Å².